The van der Waals surface area contributed by atoms with Gasteiger partial charge in [-0.1, -0.05) is 18.2 Å². The van der Waals surface area contributed by atoms with Gasteiger partial charge in [0.15, 0.2) is 0 Å². The highest BCUT2D eigenvalue weighted by Gasteiger charge is 2.48. The Balaban J connectivity index is 2.00. The Bertz CT molecular complexity index is 938. The summed E-state index contributed by atoms with van der Waals surface area (Å²) in [6.07, 6.45) is -0.681. The molecule has 0 saturated carbocycles. The van der Waals surface area contributed by atoms with Gasteiger partial charge in [-0.3, -0.25) is 14.6 Å². The van der Waals surface area contributed by atoms with Gasteiger partial charge >= 0.3 is 0 Å². The molecule has 0 bridgehead atoms. The van der Waals surface area contributed by atoms with Crippen molar-refractivity contribution in [3.05, 3.63) is 41.6 Å². The second-order valence-corrected chi connectivity index (χ2v) is 6.37. The lowest BCUT2D eigenvalue weighted by atomic mass is 10.00. The van der Waals surface area contributed by atoms with Crippen LogP contribution in [0.15, 0.2) is 30.3 Å². The molecular formula is C18H16F2N4O2. The van der Waals surface area contributed by atoms with Gasteiger partial charge in [-0.2, -0.15) is 5.26 Å². The van der Waals surface area contributed by atoms with E-state index in [2.05, 4.69) is 4.98 Å². The number of nitriles is 1. The second-order valence-electron chi connectivity index (χ2n) is 6.37. The molecule has 1 aliphatic heterocycles. The number of aromatic nitrogens is 1. The SMILES string of the molecule is C[C@H](C(=O)N1CC(F)(F)C[C@H]1C#N)c1cc(C(N)=O)c2ccccc2n1. The summed E-state index contributed by atoms with van der Waals surface area (Å²) < 4.78 is 27.2. The van der Waals surface area contributed by atoms with Crippen molar-refractivity contribution >= 4 is 22.7 Å². The highest BCUT2D eigenvalue weighted by molar-refractivity contribution is 6.05. The molecular weight excluding hydrogens is 342 g/mol. The first-order valence-corrected chi connectivity index (χ1v) is 8.01. The number of hydrogen-bond donors (Lipinski definition) is 1. The molecule has 26 heavy (non-hydrogen) atoms. The minimum absolute atomic E-state index is 0.203. The maximum Gasteiger partial charge on any atom is 0.268 e. The highest BCUT2D eigenvalue weighted by Crippen LogP contribution is 2.34. The number of benzene rings is 1. The van der Waals surface area contributed by atoms with Crippen molar-refractivity contribution in [2.75, 3.05) is 6.54 Å². The van der Waals surface area contributed by atoms with Crippen molar-refractivity contribution in [2.45, 2.75) is 31.2 Å². The zero-order chi connectivity index (χ0) is 19.1. The van der Waals surface area contributed by atoms with Crippen LogP contribution < -0.4 is 5.73 Å². The zero-order valence-electron chi connectivity index (χ0n) is 13.9. The van der Waals surface area contributed by atoms with E-state index >= 15 is 0 Å². The van der Waals surface area contributed by atoms with E-state index in [0.717, 1.165) is 4.90 Å². The molecule has 0 spiro atoms. The predicted molar refractivity (Wildman–Crippen MR) is 89.4 cm³/mol. The van der Waals surface area contributed by atoms with Crippen molar-refractivity contribution in [2.24, 2.45) is 5.73 Å². The summed E-state index contributed by atoms with van der Waals surface area (Å²) in [5, 5.41) is 9.62. The molecule has 1 aromatic heterocycles. The molecule has 2 heterocycles. The maximum atomic E-state index is 13.6. The Hall–Kier alpha value is -3.08. The minimum atomic E-state index is -3.09. The van der Waals surface area contributed by atoms with Crippen LogP contribution in [0.5, 0.6) is 0 Å². The number of para-hydroxylation sites is 1. The smallest absolute Gasteiger partial charge is 0.268 e. The van der Waals surface area contributed by atoms with Gasteiger partial charge in [0.2, 0.25) is 11.8 Å². The largest absolute Gasteiger partial charge is 0.366 e. The van der Waals surface area contributed by atoms with Crippen LogP contribution in [0.4, 0.5) is 8.78 Å². The number of primary amides is 1. The van der Waals surface area contributed by atoms with Crippen LogP contribution in [-0.4, -0.2) is 40.2 Å². The molecule has 0 radical (unpaired) electrons. The number of nitrogens with zero attached hydrogens (tertiary/aromatic N) is 3. The van der Waals surface area contributed by atoms with Gasteiger partial charge in [0.05, 0.1) is 35.3 Å². The first-order chi connectivity index (χ1) is 12.2. The fourth-order valence-electron chi connectivity index (χ4n) is 3.16. The Kier molecular flexibility index (Phi) is 4.32. The normalized spacial score (nSPS) is 19.9. The highest BCUT2D eigenvalue weighted by atomic mass is 19.3. The van der Waals surface area contributed by atoms with E-state index in [1.165, 1.54) is 13.0 Å². The molecule has 2 atom stereocenters. The Labute approximate surface area is 148 Å². The minimum Gasteiger partial charge on any atom is -0.366 e. The standard InChI is InChI=1S/C18H16F2N4O2/c1-10(17(26)24-9-18(19,20)7-11(24)8-21)15-6-13(16(22)25)12-4-2-3-5-14(12)23-15/h2-6,10-11H,7,9H2,1H3,(H2,22,25)/t10-,11-/m0/s1. The average molecular weight is 358 g/mol. The molecule has 1 fully saturated rings. The third-order valence-corrected chi connectivity index (χ3v) is 4.52. The van der Waals surface area contributed by atoms with Crippen molar-refractivity contribution in [3.8, 4) is 6.07 Å². The molecule has 0 aliphatic carbocycles. The predicted octanol–water partition coefficient (Wildman–Crippen LogP) is 2.20. The molecule has 2 N–H and O–H groups in total. The van der Waals surface area contributed by atoms with Crippen LogP contribution in [0.1, 0.15) is 35.3 Å². The average Bonchev–Trinajstić information content (AvgIpc) is 2.94. The van der Waals surface area contributed by atoms with E-state index < -0.39 is 42.7 Å². The topological polar surface area (TPSA) is 100 Å². The van der Waals surface area contributed by atoms with Crippen molar-refractivity contribution in [1.82, 2.24) is 9.88 Å². The molecule has 1 aliphatic rings. The lowest BCUT2D eigenvalue weighted by molar-refractivity contribution is -0.133. The van der Waals surface area contributed by atoms with Gasteiger partial charge in [0.25, 0.3) is 5.92 Å². The van der Waals surface area contributed by atoms with Gasteiger partial charge in [-0.25, -0.2) is 8.78 Å². The van der Waals surface area contributed by atoms with Crippen LogP contribution in [0, 0.1) is 11.3 Å². The van der Waals surface area contributed by atoms with Gasteiger partial charge in [-0.15, -0.1) is 0 Å². The number of fused-ring (bicyclic) bond motifs is 1. The van der Waals surface area contributed by atoms with Crippen LogP contribution in [0.2, 0.25) is 0 Å². The Morgan fingerprint density at radius 1 is 1.42 bits per heavy atom. The van der Waals surface area contributed by atoms with E-state index in [1.54, 1.807) is 30.3 Å². The first-order valence-electron chi connectivity index (χ1n) is 8.01. The number of amides is 2. The quantitative estimate of drug-likeness (QED) is 0.909. The molecule has 2 amide bonds. The van der Waals surface area contributed by atoms with Crippen LogP contribution >= 0.6 is 0 Å². The van der Waals surface area contributed by atoms with Crippen LogP contribution in [-0.2, 0) is 4.79 Å². The lowest BCUT2D eigenvalue weighted by Gasteiger charge is -2.23. The molecule has 2 aromatic rings. The summed E-state index contributed by atoms with van der Waals surface area (Å²) in [7, 11) is 0. The molecule has 6 nitrogen and oxygen atoms in total. The van der Waals surface area contributed by atoms with Gasteiger partial charge in [-0.05, 0) is 19.1 Å². The monoisotopic (exact) mass is 358 g/mol. The molecule has 8 heteroatoms. The van der Waals surface area contributed by atoms with Crippen molar-refractivity contribution < 1.29 is 18.4 Å². The number of halogens is 2. The number of nitrogens with two attached hydrogens (primary N) is 1. The summed E-state index contributed by atoms with van der Waals surface area (Å²) in [6.45, 7) is 0.708. The van der Waals surface area contributed by atoms with Crippen LogP contribution in [0.25, 0.3) is 10.9 Å². The number of rotatable bonds is 3. The number of carbonyl (C=O) groups is 2. The third kappa shape index (κ3) is 3.08. The number of pyridine rings is 1. The fraction of sp³-hybridized carbons (Fsp3) is 0.333. The number of hydrogen-bond acceptors (Lipinski definition) is 4. The Morgan fingerprint density at radius 2 is 2.12 bits per heavy atom. The first kappa shape index (κ1) is 17.7. The summed E-state index contributed by atoms with van der Waals surface area (Å²) in [5.74, 6) is -5.30. The van der Waals surface area contributed by atoms with Gasteiger partial charge in [0.1, 0.15) is 6.04 Å². The fourth-order valence-corrected chi connectivity index (χ4v) is 3.16. The van der Waals surface area contributed by atoms with Gasteiger partial charge < -0.3 is 10.6 Å². The van der Waals surface area contributed by atoms with E-state index in [1.807, 2.05) is 0 Å². The van der Waals surface area contributed by atoms with E-state index in [-0.39, 0.29) is 11.3 Å². The third-order valence-electron chi connectivity index (χ3n) is 4.52. The molecule has 3 rings (SSSR count). The second kappa shape index (κ2) is 6.33. The lowest BCUT2D eigenvalue weighted by Crippen LogP contribution is -2.38. The summed E-state index contributed by atoms with van der Waals surface area (Å²) in [6, 6.07) is 8.78. The Morgan fingerprint density at radius 3 is 2.77 bits per heavy atom. The van der Waals surface area contributed by atoms with Crippen molar-refractivity contribution in [1.29, 1.82) is 5.26 Å². The summed E-state index contributed by atoms with van der Waals surface area (Å²) in [5.41, 5.74) is 6.34. The number of alkyl halides is 2. The zero-order valence-corrected chi connectivity index (χ0v) is 13.9. The van der Waals surface area contributed by atoms with Gasteiger partial charge in [0, 0.05) is 11.8 Å². The molecule has 0 unspecified atom stereocenters. The van der Waals surface area contributed by atoms with E-state index in [9.17, 15) is 18.4 Å². The van der Waals surface area contributed by atoms with Crippen LogP contribution in [0.3, 0.4) is 0 Å². The number of likely N-dealkylation sites (tertiary alicyclic amines) is 1. The molecule has 134 valence electrons. The van der Waals surface area contributed by atoms with Crippen molar-refractivity contribution in [3.63, 3.8) is 0 Å². The molecule has 1 saturated heterocycles. The number of carbonyl (C=O) groups excluding carboxylic acids is 2. The maximum absolute atomic E-state index is 13.6. The van der Waals surface area contributed by atoms with E-state index in [4.69, 9.17) is 11.0 Å². The summed E-state index contributed by atoms with van der Waals surface area (Å²) >= 11 is 0. The van der Waals surface area contributed by atoms with E-state index in [0.29, 0.717) is 10.9 Å². The molecule has 1 aromatic carbocycles. The summed E-state index contributed by atoms with van der Waals surface area (Å²) in [4.78, 5) is 29.7.